The van der Waals surface area contributed by atoms with Gasteiger partial charge in [0.25, 0.3) is 0 Å². The summed E-state index contributed by atoms with van der Waals surface area (Å²) in [6.07, 6.45) is 0. The molecule has 0 spiro atoms. The van der Waals surface area contributed by atoms with Crippen LogP contribution < -0.4 is 10.0 Å². The molecule has 0 atom stereocenters. The Morgan fingerprint density at radius 1 is 1.45 bits per heavy atom. The molecule has 0 unspecified atom stereocenters. The van der Waals surface area contributed by atoms with Crippen LogP contribution in [0.4, 0.5) is 5.69 Å². The Morgan fingerprint density at radius 2 is 2.10 bits per heavy atom. The van der Waals surface area contributed by atoms with Gasteiger partial charge in [0.05, 0.1) is 12.8 Å². The van der Waals surface area contributed by atoms with Gasteiger partial charge in [-0.25, -0.2) is 4.79 Å². The van der Waals surface area contributed by atoms with Crippen molar-refractivity contribution in [3.8, 4) is 0 Å². The van der Waals surface area contributed by atoms with E-state index < -0.39 is 16.2 Å². The molecule has 0 radical (unpaired) electrons. The van der Waals surface area contributed by atoms with Crippen LogP contribution in [-0.4, -0.2) is 52.0 Å². The molecule has 1 saturated heterocycles. The van der Waals surface area contributed by atoms with Crippen molar-refractivity contribution in [1.29, 1.82) is 0 Å². The summed E-state index contributed by atoms with van der Waals surface area (Å²) in [6, 6.07) is 0. The molecule has 1 aliphatic rings. The average Bonchev–Trinajstić information content (AvgIpc) is 2.80. The number of ether oxygens (including phenoxy) is 1. The fourth-order valence-corrected chi connectivity index (χ4v) is 4.19. The molecule has 0 bridgehead atoms. The van der Waals surface area contributed by atoms with E-state index in [0.29, 0.717) is 37.4 Å². The Balaban J connectivity index is 2.24. The van der Waals surface area contributed by atoms with Crippen molar-refractivity contribution in [2.45, 2.75) is 6.92 Å². The summed E-state index contributed by atoms with van der Waals surface area (Å²) in [5, 5.41) is 4.81. The molecule has 1 aromatic rings. The lowest BCUT2D eigenvalue weighted by Gasteiger charge is -2.27. The van der Waals surface area contributed by atoms with Crippen molar-refractivity contribution in [3.63, 3.8) is 0 Å². The van der Waals surface area contributed by atoms with Crippen LogP contribution in [0.5, 0.6) is 0 Å². The predicted molar refractivity (Wildman–Crippen MR) is 77.4 cm³/mol. The van der Waals surface area contributed by atoms with E-state index in [1.165, 1.54) is 11.4 Å². The van der Waals surface area contributed by atoms with Crippen molar-refractivity contribution < 1.29 is 17.9 Å². The molecule has 20 heavy (non-hydrogen) atoms. The Labute approximate surface area is 122 Å². The van der Waals surface area contributed by atoms with E-state index in [0.717, 1.165) is 11.3 Å². The zero-order valence-corrected chi connectivity index (χ0v) is 12.9. The molecule has 0 amide bonds. The van der Waals surface area contributed by atoms with E-state index in [1.54, 1.807) is 12.3 Å². The third kappa shape index (κ3) is 3.11. The van der Waals surface area contributed by atoms with E-state index in [1.807, 2.05) is 0 Å². The highest BCUT2D eigenvalue weighted by Crippen LogP contribution is 2.29. The maximum atomic E-state index is 12.3. The highest BCUT2D eigenvalue weighted by atomic mass is 32.2. The molecular weight excluding hydrogens is 302 g/mol. The van der Waals surface area contributed by atoms with Crippen molar-refractivity contribution in [2.24, 2.45) is 0 Å². The van der Waals surface area contributed by atoms with Gasteiger partial charge in [-0.05, 0) is 17.9 Å². The number of thiophene rings is 1. The number of carbonyl (C=O) groups excluding carboxylic acids is 1. The first-order valence-electron chi connectivity index (χ1n) is 6.10. The lowest BCUT2D eigenvalue weighted by atomic mass is 10.3. The zero-order valence-electron chi connectivity index (χ0n) is 11.3. The minimum Gasteiger partial charge on any atom is -0.465 e. The molecular formula is C11H17N3O4S2. The second-order valence-electron chi connectivity index (χ2n) is 4.37. The number of anilines is 1. The minimum atomic E-state index is -3.65. The molecule has 0 aliphatic carbocycles. The summed E-state index contributed by atoms with van der Waals surface area (Å²) in [6.45, 7) is 3.80. The molecule has 2 N–H and O–H groups in total. The second-order valence-corrected chi connectivity index (χ2v) is 6.92. The van der Waals surface area contributed by atoms with Gasteiger partial charge >= 0.3 is 16.2 Å². The van der Waals surface area contributed by atoms with Crippen LogP contribution >= 0.6 is 11.3 Å². The number of piperazine rings is 1. The monoisotopic (exact) mass is 319 g/mol. The van der Waals surface area contributed by atoms with Crippen LogP contribution in [0.2, 0.25) is 0 Å². The Morgan fingerprint density at radius 3 is 2.70 bits per heavy atom. The van der Waals surface area contributed by atoms with Crippen LogP contribution in [0.3, 0.4) is 0 Å². The minimum absolute atomic E-state index is 0.267. The highest BCUT2D eigenvalue weighted by molar-refractivity contribution is 7.90. The number of esters is 1. The summed E-state index contributed by atoms with van der Waals surface area (Å²) >= 11 is 1.16. The van der Waals surface area contributed by atoms with Crippen molar-refractivity contribution in [3.05, 3.63) is 15.8 Å². The van der Waals surface area contributed by atoms with Gasteiger partial charge in [-0.1, -0.05) is 0 Å². The fraction of sp³-hybridized carbons (Fsp3) is 0.545. The predicted octanol–water partition coefficient (Wildman–Crippen LogP) is 0.405. The van der Waals surface area contributed by atoms with E-state index >= 15 is 0 Å². The lowest BCUT2D eigenvalue weighted by molar-refractivity contribution is 0.0607. The topological polar surface area (TPSA) is 87.7 Å². The van der Waals surface area contributed by atoms with Gasteiger partial charge < -0.3 is 10.1 Å². The van der Waals surface area contributed by atoms with Gasteiger partial charge in [0.15, 0.2) is 0 Å². The summed E-state index contributed by atoms with van der Waals surface area (Å²) in [7, 11) is -2.38. The van der Waals surface area contributed by atoms with E-state index in [4.69, 9.17) is 0 Å². The Hall–Kier alpha value is -1.16. The average molecular weight is 319 g/mol. The standard InChI is InChI=1S/C11H17N3O4S2/c1-8-7-19-10(11(15)18-2)9(8)13-20(16,17)14-5-3-12-4-6-14/h7,12-13H,3-6H2,1-2H3. The molecule has 0 aromatic carbocycles. The lowest BCUT2D eigenvalue weighted by Crippen LogP contribution is -2.48. The van der Waals surface area contributed by atoms with Gasteiger partial charge in [-0.15, -0.1) is 11.3 Å². The number of hydrogen-bond acceptors (Lipinski definition) is 6. The molecule has 9 heteroatoms. The van der Waals surface area contributed by atoms with Crippen LogP contribution in [0.25, 0.3) is 0 Å². The van der Waals surface area contributed by atoms with E-state index in [9.17, 15) is 13.2 Å². The largest absolute Gasteiger partial charge is 0.465 e. The molecule has 7 nitrogen and oxygen atoms in total. The number of rotatable bonds is 4. The summed E-state index contributed by atoms with van der Waals surface area (Å²) in [5.41, 5.74) is 1.01. The smallest absolute Gasteiger partial charge is 0.350 e. The number of nitrogens with zero attached hydrogens (tertiary/aromatic N) is 1. The maximum Gasteiger partial charge on any atom is 0.350 e. The van der Waals surface area contributed by atoms with Crippen molar-refractivity contribution in [1.82, 2.24) is 9.62 Å². The number of carbonyl (C=O) groups is 1. The van der Waals surface area contributed by atoms with Crippen molar-refractivity contribution >= 4 is 33.2 Å². The molecule has 1 fully saturated rings. The molecule has 0 saturated carbocycles. The summed E-state index contributed by atoms with van der Waals surface area (Å²) in [4.78, 5) is 11.9. The molecule has 1 aliphatic heterocycles. The zero-order chi connectivity index (χ0) is 14.8. The second kappa shape index (κ2) is 6.08. The summed E-state index contributed by atoms with van der Waals surface area (Å²) in [5.74, 6) is -0.541. The maximum absolute atomic E-state index is 12.3. The SMILES string of the molecule is COC(=O)c1scc(C)c1NS(=O)(=O)N1CCNCC1. The number of methoxy groups -OCH3 is 1. The van der Waals surface area contributed by atoms with Crippen LogP contribution in [0.15, 0.2) is 5.38 Å². The normalized spacial score (nSPS) is 16.9. The van der Waals surface area contributed by atoms with Crippen molar-refractivity contribution in [2.75, 3.05) is 38.0 Å². The third-order valence-corrected chi connectivity index (χ3v) is 5.58. The molecule has 112 valence electrons. The molecule has 1 aromatic heterocycles. The Bertz CT molecular complexity index is 591. The van der Waals surface area contributed by atoms with Crippen LogP contribution in [0, 0.1) is 6.92 Å². The molecule has 2 rings (SSSR count). The van der Waals surface area contributed by atoms with Gasteiger partial charge in [0.1, 0.15) is 4.88 Å². The van der Waals surface area contributed by atoms with Gasteiger partial charge in [0.2, 0.25) is 0 Å². The van der Waals surface area contributed by atoms with Crippen LogP contribution in [0.1, 0.15) is 15.2 Å². The quantitative estimate of drug-likeness (QED) is 0.785. The van der Waals surface area contributed by atoms with E-state index in [2.05, 4.69) is 14.8 Å². The van der Waals surface area contributed by atoms with Gasteiger partial charge in [-0.2, -0.15) is 12.7 Å². The first kappa shape index (κ1) is 15.2. The number of aryl methyl sites for hydroxylation is 1. The van der Waals surface area contributed by atoms with Gasteiger partial charge in [0, 0.05) is 26.2 Å². The molecule has 2 heterocycles. The number of hydrogen-bond donors (Lipinski definition) is 2. The number of nitrogens with one attached hydrogen (secondary N) is 2. The summed E-state index contributed by atoms with van der Waals surface area (Å²) < 4.78 is 33.1. The van der Waals surface area contributed by atoms with Crippen LogP contribution in [-0.2, 0) is 14.9 Å². The van der Waals surface area contributed by atoms with E-state index in [-0.39, 0.29) is 4.88 Å². The first-order valence-corrected chi connectivity index (χ1v) is 8.42. The fourth-order valence-electron chi connectivity index (χ4n) is 1.89. The van der Waals surface area contributed by atoms with Gasteiger partial charge in [-0.3, -0.25) is 4.72 Å². The third-order valence-electron chi connectivity index (χ3n) is 2.99. The highest BCUT2D eigenvalue weighted by Gasteiger charge is 2.27. The Kier molecular flexibility index (Phi) is 4.63. The first-order chi connectivity index (χ1) is 9.45.